The first kappa shape index (κ1) is 14.6. The lowest BCUT2D eigenvalue weighted by Crippen LogP contribution is -2.63. The molecule has 1 aliphatic heterocycles. The van der Waals surface area contributed by atoms with E-state index in [1.807, 2.05) is 18.2 Å². The van der Waals surface area contributed by atoms with Gasteiger partial charge >= 0.3 is 0 Å². The van der Waals surface area contributed by atoms with Crippen molar-refractivity contribution in [2.75, 3.05) is 13.1 Å². The standard InChI is InChI=1S/C16H22Cl2N2/c1-11-8-20(16(2,10-19-11)12-6-7-12)9-13-14(17)4-3-5-15(13)18/h3-5,11-12,19H,6-10H2,1-2H3. The first-order valence-electron chi connectivity index (χ1n) is 7.42. The van der Waals surface area contributed by atoms with E-state index in [9.17, 15) is 0 Å². The second-order valence-electron chi connectivity index (χ2n) is 6.49. The SMILES string of the molecule is CC1CN(Cc2c(Cl)cccc2Cl)C(C)(C2CC2)CN1. The minimum Gasteiger partial charge on any atom is -0.311 e. The smallest absolute Gasteiger partial charge is 0.0465 e. The topological polar surface area (TPSA) is 15.3 Å². The van der Waals surface area contributed by atoms with E-state index in [-0.39, 0.29) is 5.54 Å². The molecule has 1 N–H and O–H groups in total. The summed E-state index contributed by atoms with van der Waals surface area (Å²) in [4.78, 5) is 2.58. The Morgan fingerprint density at radius 3 is 2.55 bits per heavy atom. The van der Waals surface area contributed by atoms with Gasteiger partial charge in [0.1, 0.15) is 0 Å². The predicted molar refractivity (Wildman–Crippen MR) is 85.5 cm³/mol. The van der Waals surface area contributed by atoms with Gasteiger partial charge in [-0.3, -0.25) is 4.90 Å². The van der Waals surface area contributed by atoms with Crippen molar-refractivity contribution >= 4 is 23.2 Å². The minimum absolute atomic E-state index is 0.231. The summed E-state index contributed by atoms with van der Waals surface area (Å²) in [5.41, 5.74) is 1.30. The van der Waals surface area contributed by atoms with Crippen LogP contribution in [-0.4, -0.2) is 29.6 Å². The van der Waals surface area contributed by atoms with Gasteiger partial charge in [-0.1, -0.05) is 29.3 Å². The van der Waals surface area contributed by atoms with Crippen LogP contribution in [-0.2, 0) is 6.54 Å². The van der Waals surface area contributed by atoms with E-state index in [0.717, 1.165) is 41.2 Å². The molecule has 0 aromatic heterocycles. The molecule has 0 spiro atoms. The van der Waals surface area contributed by atoms with Gasteiger partial charge in [-0.2, -0.15) is 0 Å². The monoisotopic (exact) mass is 312 g/mol. The molecule has 1 saturated heterocycles. The van der Waals surface area contributed by atoms with Crippen molar-refractivity contribution in [1.82, 2.24) is 10.2 Å². The lowest BCUT2D eigenvalue weighted by Gasteiger charge is -2.48. The van der Waals surface area contributed by atoms with Crippen molar-refractivity contribution < 1.29 is 0 Å². The molecule has 20 heavy (non-hydrogen) atoms. The molecule has 1 aromatic rings. The van der Waals surface area contributed by atoms with E-state index in [2.05, 4.69) is 24.1 Å². The summed E-state index contributed by atoms with van der Waals surface area (Å²) in [7, 11) is 0. The number of halogens is 2. The maximum absolute atomic E-state index is 6.35. The van der Waals surface area contributed by atoms with Gasteiger partial charge in [-0.25, -0.2) is 0 Å². The zero-order chi connectivity index (χ0) is 14.3. The van der Waals surface area contributed by atoms with E-state index in [0.29, 0.717) is 6.04 Å². The normalized spacial score (nSPS) is 31.5. The fourth-order valence-electron chi connectivity index (χ4n) is 3.32. The summed E-state index contributed by atoms with van der Waals surface area (Å²) in [5.74, 6) is 0.809. The fourth-order valence-corrected chi connectivity index (χ4v) is 3.84. The third-order valence-corrected chi connectivity index (χ3v) is 5.60. The summed E-state index contributed by atoms with van der Waals surface area (Å²) in [5, 5.41) is 5.19. The molecule has 4 heteroatoms. The van der Waals surface area contributed by atoms with Gasteiger partial charge in [0, 0.05) is 46.8 Å². The molecule has 1 aliphatic carbocycles. The Morgan fingerprint density at radius 2 is 1.95 bits per heavy atom. The van der Waals surface area contributed by atoms with Crippen molar-refractivity contribution in [3.8, 4) is 0 Å². The average molecular weight is 313 g/mol. The Balaban J connectivity index is 1.86. The molecule has 2 aliphatic rings. The highest BCUT2D eigenvalue weighted by Crippen LogP contribution is 2.45. The Bertz CT molecular complexity index is 481. The fraction of sp³-hybridized carbons (Fsp3) is 0.625. The number of hydrogen-bond acceptors (Lipinski definition) is 2. The Kier molecular flexibility index (Phi) is 4.02. The van der Waals surface area contributed by atoms with Crippen LogP contribution in [0, 0.1) is 5.92 Å². The molecule has 3 rings (SSSR count). The number of nitrogens with one attached hydrogen (secondary N) is 1. The van der Waals surface area contributed by atoms with Gasteiger partial charge in [0.05, 0.1) is 0 Å². The summed E-state index contributed by atoms with van der Waals surface area (Å²) >= 11 is 12.7. The van der Waals surface area contributed by atoms with E-state index >= 15 is 0 Å². The van der Waals surface area contributed by atoms with E-state index in [1.165, 1.54) is 12.8 Å². The molecule has 1 heterocycles. The lowest BCUT2D eigenvalue weighted by molar-refractivity contribution is 0.0312. The van der Waals surface area contributed by atoms with E-state index < -0.39 is 0 Å². The van der Waals surface area contributed by atoms with Crippen molar-refractivity contribution in [2.24, 2.45) is 5.92 Å². The van der Waals surface area contributed by atoms with Crippen LogP contribution >= 0.6 is 23.2 Å². The van der Waals surface area contributed by atoms with Crippen LogP contribution < -0.4 is 5.32 Å². The second-order valence-corrected chi connectivity index (χ2v) is 7.31. The molecule has 0 bridgehead atoms. The molecular formula is C16H22Cl2N2. The number of hydrogen-bond donors (Lipinski definition) is 1. The largest absolute Gasteiger partial charge is 0.311 e. The van der Waals surface area contributed by atoms with Crippen LogP contribution in [0.3, 0.4) is 0 Å². The molecule has 2 atom stereocenters. The highest BCUT2D eigenvalue weighted by molar-refractivity contribution is 6.35. The van der Waals surface area contributed by atoms with Gasteiger partial charge in [-0.15, -0.1) is 0 Å². The molecule has 110 valence electrons. The van der Waals surface area contributed by atoms with Crippen molar-refractivity contribution in [3.63, 3.8) is 0 Å². The number of rotatable bonds is 3. The molecule has 1 aromatic carbocycles. The Morgan fingerprint density at radius 1 is 1.30 bits per heavy atom. The maximum atomic E-state index is 6.35. The van der Waals surface area contributed by atoms with Gasteiger partial charge in [0.25, 0.3) is 0 Å². The number of piperazine rings is 1. The van der Waals surface area contributed by atoms with Gasteiger partial charge in [-0.05, 0) is 44.7 Å². The highest BCUT2D eigenvalue weighted by atomic mass is 35.5. The van der Waals surface area contributed by atoms with E-state index in [4.69, 9.17) is 23.2 Å². The number of benzene rings is 1. The highest BCUT2D eigenvalue weighted by Gasteiger charge is 2.47. The van der Waals surface area contributed by atoms with Crippen molar-refractivity contribution in [2.45, 2.75) is 44.8 Å². The number of nitrogens with zero attached hydrogens (tertiary/aromatic N) is 1. The molecule has 2 fully saturated rings. The molecule has 2 nitrogen and oxygen atoms in total. The minimum atomic E-state index is 0.231. The van der Waals surface area contributed by atoms with Crippen molar-refractivity contribution in [1.29, 1.82) is 0 Å². The first-order chi connectivity index (χ1) is 9.50. The second kappa shape index (κ2) is 5.49. The average Bonchev–Trinajstić information content (AvgIpc) is 3.23. The Hall–Kier alpha value is -0.280. The quantitative estimate of drug-likeness (QED) is 0.909. The maximum Gasteiger partial charge on any atom is 0.0465 e. The molecule has 0 amide bonds. The van der Waals surface area contributed by atoms with Crippen LogP contribution in [0.2, 0.25) is 10.0 Å². The lowest BCUT2D eigenvalue weighted by atomic mass is 9.89. The zero-order valence-corrected chi connectivity index (χ0v) is 13.6. The first-order valence-corrected chi connectivity index (χ1v) is 8.17. The van der Waals surface area contributed by atoms with Crippen LogP contribution in [0.5, 0.6) is 0 Å². The van der Waals surface area contributed by atoms with E-state index in [1.54, 1.807) is 0 Å². The molecule has 0 radical (unpaired) electrons. The van der Waals surface area contributed by atoms with Crippen LogP contribution in [0.15, 0.2) is 18.2 Å². The molecule has 1 saturated carbocycles. The predicted octanol–water partition coefficient (Wildman–Crippen LogP) is 3.96. The summed E-state index contributed by atoms with van der Waals surface area (Å²) in [6, 6.07) is 6.29. The summed E-state index contributed by atoms with van der Waals surface area (Å²) in [6.07, 6.45) is 2.69. The van der Waals surface area contributed by atoms with Gasteiger partial charge in [0.15, 0.2) is 0 Å². The summed E-state index contributed by atoms with van der Waals surface area (Å²) in [6.45, 7) is 7.58. The third kappa shape index (κ3) is 2.71. The molecular weight excluding hydrogens is 291 g/mol. The molecule has 2 unspecified atom stereocenters. The van der Waals surface area contributed by atoms with Crippen LogP contribution in [0.25, 0.3) is 0 Å². The van der Waals surface area contributed by atoms with Crippen LogP contribution in [0.4, 0.5) is 0 Å². The Labute approximate surface area is 131 Å². The van der Waals surface area contributed by atoms with Crippen molar-refractivity contribution in [3.05, 3.63) is 33.8 Å². The third-order valence-electron chi connectivity index (χ3n) is 4.89. The van der Waals surface area contributed by atoms with Crippen LogP contribution in [0.1, 0.15) is 32.3 Å². The van der Waals surface area contributed by atoms with Gasteiger partial charge in [0.2, 0.25) is 0 Å². The zero-order valence-electron chi connectivity index (χ0n) is 12.1. The summed E-state index contributed by atoms with van der Waals surface area (Å²) < 4.78 is 0. The van der Waals surface area contributed by atoms with Gasteiger partial charge < -0.3 is 5.32 Å².